The number of anilines is 1. The van der Waals surface area contributed by atoms with E-state index in [1.165, 1.54) is 43.6 Å². The van der Waals surface area contributed by atoms with Crippen molar-refractivity contribution in [3.63, 3.8) is 0 Å². The van der Waals surface area contributed by atoms with Crippen LogP contribution in [0.5, 0.6) is 0 Å². The molecule has 1 aliphatic rings. The molecule has 1 atom stereocenters. The van der Waals surface area contributed by atoms with Crippen molar-refractivity contribution in [3.05, 3.63) is 29.3 Å². The molecule has 2 rings (SSSR count). The minimum absolute atomic E-state index is 0.766. The van der Waals surface area contributed by atoms with Crippen molar-refractivity contribution in [3.8, 4) is 0 Å². The fraction of sp³-hybridized carbons (Fsp3) is 0.600. The molecule has 0 aromatic heterocycles. The maximum Gasteiger partial charge on any atom is 0.0399 e. The molecule has 17 heavy (non-hydrogen) atoms. The third-order valence-electron chi connectivity index (χ3n) is 3.72. The van der Waals surface area contributed by atoms with Gasteiger partial charge in [0.15, 0.2) is 0 Å². The van der Waals surface area contributed by atoms with Crippen LogP contribution in [0.1, 0.15) is 30.9 Å². The van der Waals surface area contributed by atoms with Crippen molar-refractivity contribution in [2.24, 2.45) is 5.92 Å². The summed E-state index contributed by atoms with van der Waals surface area (Å²) in [5, 5.41) is 1.11. The number of fused-ring (bicyclic) bond motifs is 1. The van der Waals surface area contributed by atoms with Crippen LogP contribution in [-0.4, -0.2) is 18.4 Å². The van der Waals surface area contributed by atoms with Gasteiger partial charge >= 0.3 is 0 Å². The molecule has 0 amide bonds. The number of hydrogen-bond acceptors (Lipinski definition) is 1. The molecule has 0 saturated heterocycles. The first-order valence-electron chi connectivity index (χ1n) is 6.65. The van der Waals surface area contributed by atoms with Gasteiger partial charge in [-0.3, -0.25) is 0 Å². The molecule has 94 valence electrons. The molecule has 1 heterocycles. The fourth-order valence-corrected chi connectivity index (χ4v) is 3.25. The van der Waals surface area contributed by atoms with Crippen LogP contribution in [0.2, 0.25) is 0 Å². The van der Waals surface area contributed by atoms with Crippen molar-refractivity contribution in [1.29, 1.82) is 0 Å². The van der Waals surface area contributed by atoms with Crippen LogP contribution < -0.4 is 4.90 Å². The molecule has 0 spiro atoms. The van der Waals surface area contributed by atoms with Gasteiger partial charge < -0.3 is 4.90 Å². The van der Waals surface area contributed by atoms with Crippen molar-refractivity contribution in [2.45, 2.75) is 33.1 Å². The average Bonchev–Trinajstić information content (AvgIpc) is 2.35. The molecule has 0 fully saturated rings. The first-order valence-corrected chi connectivity index (χ1v) is 7.77. The number of aryl methyl sites for hydroxylation is 2. The first-order chi connectivity index (χ1) is 8.24. The molecule has 2 heteroatoms. The third-order valence-corrected chi connectivity index (χ3v) is 4.64. The van der Waals surface area contributed by atoms with Gasteiger partial charge in [0.2, 0.25) is 0 Å². The summed E-state index contributed by atoms with van der Waals surface area (Å²) in [5.41, 5.74) is 4.40. The van der Waals surface area contributed by atoms with Gasteiger partial charge in [-0.15, -0.1) is 0 Å². The Labute approximate surface area is 113 Å². The molecular weight excluding hydrogens is 274 g/mol. The summed E-state index contributed by atoms with van der Waals surface area (Å²) in [5.74, 6) is 0.766. The number of hydrogen-bond donors (Lipinski definition) is 0. The molecule has 1 nitrogen and oxygen atoms in total. The highest BCUT2D eigenvalue weighted by Gasteiger charge is 2.19. The zero-order chi connectivity index (χ0) is 12.3. The fourth-order valence-electron chi connectivity index (χ4n) is 2.59. The lowest BCUT2D eigenvalue weighted by molar-refractivity contribution is 0.540. The van der Waals surface area contributed by atoms with E-state index in [9.17, 15) is 0 Å². The van der Waals surface area contributed by atoms with E-state index in [2.05, 4.69) is 52.9 Å². The molecule has 1 unspecified atom stereocenters. The molecule has 1 aromatic carbocycles. The maximum atomic E-state index is 3.63. The summed E-state index contributed by atoms with van der Waals surface area (Å²) in [6.45, 7) is 6.88. The van der Waals surface area contributed by atoms with Crippen LogP contribution in [-0.2, 0) is 6.42 Å². The van der Waals surface area contributed by atoms with Gasteiger partial charge in [-0.25, -0.2) is 0 Å². The van der Waals surface area contributed by atoms with E-state index >= 15 is 0 Å². The minimum Gasteiger partial charge on any atom is -0.371 e. The summed E-state index contributed by atoms with van der Waals surface area (Å²) >= 11 is 3.63. The standard InChI is InChI=1S/C15H22BrN/c1-3-13(10-16)11-17-8-4-5-14-9-12(2)6-7-15(14)17/h6-7,9,13H,3-5,8,10-11H2,1-2H3. The minimum atomic E-state index is 0.766. The van der Waals surface area contributed by atoms with Gasteiger partial charge in [-0.1, -0.05) is 47.0 Å². The Hall–Kier alpha value is -0.500. The zero-order valence-corrected chi connectivity index (χ0v) is 12.5. The van der Waals surface area contributed by atoms with Gasteiger partial charge in [-0.2, -0.15) is 0 Å². The second-order valence-corrected chi connectivity index (χ2v) is 5.76. The lowest BCUT2D eigenvalue weighted by Gasteiger charge is -2.34. The highest BCUT2D eigenvalue weighted by atomic mass is 79.9. The molecule has 0 saturated carbocycles. The Morgan fingerprint density at radius 2 is 2.24 bits per heavy atom. The number of halogens is 1. The summed E-state index contributed by atoms with van der Waals surface area (Å²) in [6, 6.07) is 6.91. The van der Waals surface area contributed by atoms with Gasteiger partial charge in [0.05, 0.1) is 0 Å². The van der Waals surface area contributed by atoms with Gasteiger partial charge in [0, 0.05) is 24.1 Å². The van der Waals surface area contributed by atoms with E-state index in [-0.39, 0.29) is 0 Å². The van der Waals surface area contributed by atoms with E-state index in [0.29, 0.717) is 0 Å². The van der Waals surface area contributed by atoms with Crippen LogP contribution in [0.3, 0.4) is 0 Å². The molecule has 0 N–H and O–H groups in total. The Kier molecular flexibility index (Phi) is 4.49. The topological polar surface area (TPSA) is 3.24 Å². The third kappa shape index (κ3) is 3.04. The van der Waals surface area contributed by atoms with Gasteiger partial charge in [0.25, 0.3) is 0 Å². The lowest BCUT2D eigenvalue weighted by Crippen LogP contribution is -2.34. The maximum absolute atomic E-state index is 3.63. The normalized spacial score (nSPS) is 16.8. The summed E-state index contributed by atoms with van der Waals surface area (Å²) in [4.78, 5) is 2.58. The van der Waals surface area contributed by atoms with E-state index in [0.717, 1.165) is 11.2 Å². The smallest absolute Gasteiger partial charge is 0.0399 e. The lowest BCUT2D eigenvalue weighted by atomic mass is 9.98. The van der Waals surface area contributed by atoms with Crippen molar-refractivity contribution < 1.29 is 0 Å². The second kappa shape index (κ2) is 5.90. The Balaban J connectivity index is 2.16. The number of nitrogens with zero attached hydrogens (tertiary/aromatic N) is 1. The predicted octanol–water partition coefficient (Wildman–Crippen LogP) is 4.17. The zero-order valence-electron chi connectivity index (χ0n) is 10.9. The molecular formula is C15H22BrN. The molecule has 0 aliphatic carbocycles. The summed E-state index contributed by atoms with van der Waals surface area (Å²) in [6.07, 6.45) is 3.80. The van der Waals surface area contributed by atoms with E-state index in [4.69, 9.17) is 0 Å². The van der Waals surface area contributed by atoms with Crippen LogP contribution >= 0.6 is 15.9 Å². The Morgan fingerprint density at radius 3 is 2.94 bits per heavy atom. The Bertz CT molecular complexity index is 371. The second-order valence-electron chi connectivity index (χ2n) is 5.11. The number of benzene rings is 1. The quantitative estimate of drug-likeness (QED) is 0.754. The molecule has 1 aromatic rings. The highest BCUT2D eigenvalue weighted by Crippen LogP contribution is 2.29. The molecule has 0 radical (unpaired) electrons. The van der Waals surface area contributed by atoms with Gasteiger partial charge in [0.1, 0.15) is 0 Å². The van der Waals surface area contributed by atoms with Crippen molar-refractivity contribution in [1.82, 2.24) is 0 Å². The number of rotatable bonds is 4. The first kappa shape index (κ1) is 12.9. The van der Waals surface area contributed by atoms with Crippen LogP contribution in [0.4, 0.5) is 5.69 Å². The summed E-state index contributed by atoms with van der Waals surface area (Å²) in [7, 11) is 0. The van der Waals surface area contributed by atoms with E-state index in [1.807, 2.05) is 0 Å². The largest absolute Gasteiger partial charge is 0.371 e. The van der Waals surface area contributed by atoms with Crippen molar-refractivity contribution in [2.75, 3.05) is 23.3 Å². The van der Waals surface area contributed by atoms with Crippen LogP contribution in [0.25, 0.3) is 0 Å². The van der Waals surface area contributed by atoms with Crippen LogP contribution in [0.15, 0.2) is 18.2 Å². The molecule has 1 aliphatic heterocycles. The van der Waals surface area contributed by atoms with Crippen molar-refractivity contribution >= 4 is 21.6 Å². The van der Waals surface area contributed by atoms with Crippen LogP contribution in [0, 0.1) is 12.8 Å². The SMILES string of the molecule is CCC(CBr)CN1CCCc2cc(C)ccc21. The molecule has 0 bridgehead atoms. The highest BCUT2D eigenvalue weighted by molar-refractivity contribution is 9.09. The predicted molar refractivity (Wildman–Crippen MR) is 79.3 cm³/mol. The Morgan fingerprint density at radius 1 is 1.41 bits per heavy atom. The van der Waals surface area contributed by atoms with E-state index < -0.39 is 0 Å². The number of alkyl halides is 1. The van der Waals surface area contributed by atoms with Gasteiger partial charge in [-0.05, 0) is 37.3 Å². The average molecular weight is 296 g/mol. The van der Waals surface area contributed by atoms with E-state index in [1.54, 1.807) is 5.56 Å². The monoisotopic (exact) mass is 295 g/mol. The summed E-state index contributed by atoms with van der Waals surface area (Å²) < 4.78 is 0.